The zero-order chi connectivity index (χ0) is 11.0. The van der Waals surface area contributed by atoms with Gasteiger partial charge in [-0.05, 0) is 24.6 Å². The highest BCUT2D eigenvalue weighted by Crippen LogP contribution is 2.26. The van der Waals surface area contributed by atoms with Crippen molar-refractivity contribution in [2.45, 2.75) is 6.92 Å². The van der Waals surface area contributed by atoms with Gasteiger partial charge in [0.2, 0.25) is 0 Å². The van der Waals surface area contributed by atoms with Crippen LogP contribution < -0.4 is 0 Å². The average molecular weight is 224 g/mol. The van der Waals surface area contributed by atoms with Gasteiger partial charge in [-0.1, -0.05) is 17.7 Å². The Bertz CT molecular complexity index is 492. The van der Waals surface area contributed by atoms with Crippen molar-refractivity contribution in [3.05, 3.63) is 34.5 Å². The molecule has 2 aromatic rings. The summed E-state index contributed by atoms with van der Waals surface area (Å²) in [6.45, 7) is 1.97. The molecule has 0 fully saturated rings. The topological polar surface area (TPSA) is 42.1 Å². The first-order chi connectivity index (χ1) is 7.13. The lowest BCUT2D eigenvalue weighted by atomic mass is 10.1. The number of aromatic nitrogens is 1. The van der Waals surface area contributed by atoms with Gasteiger partial charge in [-0.3, -0.25) is 0 Å². The van der Waals surface area contributed by atoms with Crippen molar-refractivity contribution >= 4 is 28.5 Å². The maximum absolute atomic E-state index is 11.3. The summed E-state index contributed by atoms with van der Waals surface area (Å²) in [7, 11) is 1.35. The number of rotatable bonds is 1. The van der Waals surface area contributed by atoms with Crippen molar-refractivity contribution in [1.29, 1.82) is 0 Å². The first-order valence-corrected chi connectivity index (χ1v) is 4.87. The quantitative estimate of drug-likeness (QED) is 0.756. The first-order valence-electron chi connectivity index (χ1n) is 4.49. The first kappa shape index (κ1) is 10.1. The molecule has 78 valence electrons. The lowest BCUT2D eigenvalue weighted by molar-refractivity contribution is 0.0595. The Morgan fingerprint density at radius 2 is 2.20 bits per heavy atom. The molecular weight excluding hydrogens is 214 g/mol. The van der Waals surface area contributed by atoms with Gasteiger partial charge in [-0.2, -0.15) is 0 Å². The molecule has 0 aliphatic heterocycles. The van der Waals surface area contributed by atoms with Crippen LogP contribution in [-0.2, 0) is 4.74 Å². The summed E-state index contributed by atoms with van der Waals surface area (Å²) >= 11 is 6.01. The number of carbonyl (C=O) groups is 1. The van der Waals surface area contributed by atoms with Gasteiger partial charge in [-0.25, -0.2) is 4.79 Å². The fourth-order valence-corrected chi connectivity index (χ4v) is 1.76. The number of esters is 1. The standard InChI is InChI=1S/C11H10ClNO2/c1-6-3-4-8(12)10-7(6)5-9(13-10)11(14)15-2/h3-5,13H,1-2H3. The zero-order valence-corrected chi connectivity index (χ0v) is 9.18. The normalized spacial score (nSPS) is 10.6. The molecule has 1 aromatic heterocycles. The van der Waals surface area contributed by atoms with Crippen molar-refractivity contribution in [2.24, 2.45) is 0 Å². The molecule has 3 nitrogen and oxygen atoms in total. The fourth-order valence-electron chi connectivity index (χ4n) is 1.55. The lowest BCUT2D eigenvalue weighted by Crippen LogP contribution is -2.00. The molecule has 0 radical (unpaired) electrons. The molecule has 15 heavy (non-hydrogen) atoms. The number of halogens is 1. The van der Waals surface area contributed by atoms with Gasteiger partial charge in [0.05, 0.1) is 17.6 Å². The summed E-state index contributed by atoms with van der Waals surface area (Å²) in [5.41, 5.74) is 2.27. The van der Waals surface area contributed by atoms with Crippen LogP contribution in [0.5, 0.6) is 0 Å². The third kappa shape index (κ3) is 1.59. The van der Waals surface area contributed by atoms with Gasteiger partial charge in [0, 0.05) is 5.39 Å². The summed E-state index contributed by atoms with van der Waals surface area (Å²) in [6.07, 6.45) is 0. The molecule has 0 saturated carbocycles. The van der Waals surface area contributed by atoms with Crippen molar-refractivity contribution in [1.82, 2.24) is 4.98 Å². The van der Waals surface area contributed by atoms with Crippen LogP contribution in [0.1, 0.15) is 16.1 Å². The molecule has 1 heterocycles. The minimum Gasteiger partial charge on any atom is -0.464 e. The number of H-pyrrole nitrogens is 1. The van der Waals surface area contributed by atoms with E-state index < -0.39 is 0 Å². The smallest absolute Gasteiger partial charge is 0.354 e. The monoisotopic (exact) mass is 223 g/mol. The molecule has 1 N–H and O–H groups in total. The van der Waals surface area contributed by atoms with E-state index in [1.807, 2.05) is 13.0 Å². The molecule has 0 unspecified atom stereocenters. The second-order valence-corrected chi connectivity index (χ2v) is 3.73. The van der Waals surface area contributed by atoms with Crippen LogP contribution in [0.15, 0.2) is 18.2 Å². The van der Waals surface area contributed by atoms with Gasteiger partial charge in [0.1, 0.15) is 5.69 Å². The number of aromatic amines is 1. The predicted molar refractivity (Wildman–Crippen MR) is 59.4 cm³/mol. The molecule has 0 saturated heterocycles. The van der Waals surface area contributed by atoms with Gasteiger partial charge < -0.3 is 9.72 Å². The van der Waals surface area contributed by atoms with E-state index in [1.165, 1.54) is 7.11 Å². The van der Waals surface area contributed by atoms with Crippen LogP contribution in [0.3, 0.4) is 0 Å². The Hall–Kier alpha value is -1.48. The third-order valence-corrected chi connectivity index (χ3v) is 2.68. The number of benzene rings is 1. The van der Waals surface area contributed by atoms with Crippen molar-refractivity contribution < 1.29 is 9.53 Å². The predicted octanol–water partition coefficient (Wildman–Crippen LogP) is 2.92. The summed E-state index contributed by atoms with van der Waals surface area (Å²) < 4.78 is 4.63. The van der Waals surface area contributed by atoms with E-state index in [-0.39, 0.29) is 5.97 Å². The number of methoxy groups -OCH3 is 1. The summed E-state index contributed by atoms with van der Waals surface area (Å²) in [5.74, 6) is -0.387. The van der Waals surface area contributed by atoms with E-state index in [9.17, 15) is 4.79 Å². The Morgan fingerprint density at radius 3 is 2.80 bits per heavy atom. The summed E-state index contributed by atoms with van der Waals surface area (Å²) in [6, 6.07) is 5.47. The van der Waals surface area contributed by atoms with Crippen LogP contribution >= 0.6 is 11.6 Å². The minimum atomic E-state index is -0.387. The van der Waals surface area contributed by atoms with Gasteiger partial charge in [-0.15, -0.1) is 0 Å². The van der Waals surface area contributed by atoms with Crippen molar-refractivity contribution in [2.75, 3.05) is 7.11 Å². The van der Waals surface area contributed by atoms with E-state index in [2.05, 4.69) is 9.72 Å². The summed E-state index contributed by atoms with van der Waals surface area (Å²) in [5, 5.41) is 1.55. The van der Waals surface area contributed by atoms with Crippen LogP contribution in [0.4, 0.5) is 0 Å². The van der Waals surface area contributed by atoms with Gasteiger partial charge in [0.25, 0.3) is 0 Å². The Morgan fingerprint density at radius 1 is 1.47 bits per heavy atom. The molecule has 0 amide bonds. The van der Waals surface area contributed by atoms with Crippen molar-refractivity contribution in [3.8, 4) is 0 Å². The second-order valence-electron chi connectivity index (χ2n) is 3.33. The average Bonchev–Trinajstić information content (AvgIpc) is 2.68. The molecular formula is C11H10ClNO2. The highest BCUT2D eigenvalue weighted by Gasteiger charge is 2.12. The second kappa shape index (κ2) is 3.59. The zero-order valence-electron chi connectivity index (χ0n) is 8.43. The molecule has 0 atom stereocenters. The van der Waals surface area contributed by atoms with Crippen LogP contribution in [0.2, 0.25) is 5.02 Å². The molecule has 0 aliphatic carbocycles. The Labute approximate surface area is 92.0 Å². The van der Waals surface area contributed by atoms with Crippen molar-refractivity contribution in [3.63, 3.8) is 0 Å². The maximum Gasteiger partial charge on any atom is 0.354 e. The SMILES string of the molecule is COC(=O)c1cc2c(C)ccc(Cl)c2[nH]1. The highest BCUT2D eigenvalue weighted by atomic mass is 35.5. The van der Waals surface area contributed by atoms with Gasteiger partial charge in [0.15, 0.2) is 0 Å². The summed E-state index contributed by atoms with van der Waals surface area (Å²) in [4.78, 5) is 14.3. The fraction of sp³-hybridized carbons (Fsp3) is 0.182. The molecule has 0 spiro atoms. The van der Waals surface area contributed by atoms with E-state index >= 15 is 0 Å². The molecule has 0 bridgehead atoms. The lowest BCUT2D eigenvalue weighted by Gasteiger charge is -1.96. The van der Waals surface area contributed by atoms with Crippen LogP contribution in [0.25, 0.3) is 10.9 Å². The molecule has 0 aliphatic rings. The van der Waals surface area contributed by atoms with E-state index in [0.29, 0.717) is 10.7 Å². The number of carbonyl (C=O) groups excluding carboxylic acids is 1. The number of hydrogen-bond donors (Lipinski definition) is 1. The van der Waals surface area contributed by atoms with E-state index in [4.69, 9.17) is 11.6 Å². The Balaban J connectivity index is 2.70. The number of nitrogens with one attached hydrogen (secondary N) is 1. The van der Waals surface area contributed by atoms with Crippen LogP contribution in [0, 0.1) is 6.92 Å². The minimum absolute atomic E-state index is 0.387. The maximum atomic E-state index is 11.3. The third-order valence-electron chi connectivity index (χ3n) is 2.37. The highest BCUT2D eigenvalue weighted by molar-refractivity contribution is 6.35. The number of hydrogen-bond acceptors (Lipinski definition) is 2. The number of aryl methyl sites for hydroxylation is 1. The number of ether oxygens (including phenoxy) is 1. The number of fused-ring (bicyclic) bond motifs is 1. The molecule has 2 rings (SSSR count). The van der Waals surface area contributed by atoms with Gasteiger partial charge >= 0.3 is 5.97 Å². The Kier molecular flexibility index (Phi) is 2.40. The van der Waals surface area contributed by atoms with E-state index in [0.717, 1.165) is 16.5 Å². The van der Waals surface area contributed by atoms with Crippen LogP contribution in [-0.4, -0.2) is 18.1 Å². The molecule has 4 heteroatoms. The largest absolute Gasteiger partial charge is 0.464 e. The molecule has 1 aromatic carbocycles. The van der Waals surface area contributed by atoms with E-state index in [1.54, 1.807) is 12.1 Å².